The standard InChI is InChI=1S/C7H17NO/c1-3-6(2)7(4-8)5-9/h6-7,9H,3-5,8H2,1-2H3/t6-,7+/m0/s1. The molecule has 2 nitrogen and oxygen atoms in total. The van der Waals surface area contributed by atoms with Crippen molar-refractivity contribution >= 4 is 0 Å². The van der Waals surface area contributed by atoms with E-state index < -0.39 is 0 Å². The lowest BCUT2D eigenvalue weighted by atomic mass is 9.93. The summed E-state index contributed by atoms with van der Waals surface area (Å²) in [5.41, 5.74) is 5.40. The molecule has 0 saturated heterocycles. The molecule has 0 heterocycles. The van der Waals surface area contributed by atoms with Crippen molar-refractivity contribution in [1.82, 2.24) is 0 Å². The highest BCUT2D eigenvalue weighted by atomic mass is 16.3. The summed E-state index contributed by atoms with van der Waals surface area (Å²) < 4.78 is 0. The summed E-state index contributed by atoms with van der Waals surface area (Å²) in [5, 5.41) is 8.75. The number of aliphatic hydroxyl groups is 1. The van der Waals surface area contributed by atoms with Gasteiger partial charge < -0.3 is 10.8 Å². The molecule has 2 atom stereocenters. The summed E-state index contributed by atoms with van der Waals surface area (Å²) >= 11 is 0. The molecule has 0 unspecified atom stereocenters. The molecule has 0 aromatic heterocycles. The van der Waals surface area contributed by atoms with E-state index in [0.29, 0.717) is 18.4 Å². The van der Waals surface area contributed by atoms with E-state index in [2.05, 4.69) is 13.8 Å². The van der Waals surface area contributed by atoms with Gasteiger partial charge in [0.1, 0.15) is 0 Å². The maximum Gasteiger partial charge on any atom is 0.0473 e. The zero-order valence-electron chi connectivity index (χ0n) is 6.30. The average Bonchev–Trinajstić information content (AvgIpc) is 1.90. The predicted octanol–water partition coefficient (Wildman–Crippen LogP) is 0.600. The molecule has 0 saturated carbocycles. The first-order valence-corrected chi connectivity index (χ1v) is 3.57. The Morgan fingerprint density at radius 3 is 2.22 bits per heavy atom. The molecule has 0 aromatic rings. The van der Waals surface area contributed by atoms with Gasteiger partial charge in [-0.15, -0.1) is 0 Å². The molecule has 0 radical (unpaired) electrons. The van der Waals surface area contributed by atoms with Crippen LogP contribution in [0, 0.1) is 11.8 Å². The van der Waals surface area contributed by atoms with Gasteiger partial charge in [-0.3, -0.25) is 0 Å². The third kappa shape index (κ3) is 2.82. The van der Waals surface area contributed by atoms with E-state index in [9.17, 15) is 0 Å². The Morgan fingerprint density at radius 1 is 1.56 bits per heavy atom. The third-order valence-corrected chi connectivity index (χ3v) is 1.99. The van der Waals surface area contributed by atoms with Crippen LogP contribution < -0.4 is 5.73 Å². The highest BCUT2D eigenvalue weighted by Gasteiger charge is 2.11. The second-order valence-corrected chi connectivity index (χ2v) is 2.56. The SMILES string of the molecule is CC[C@H](C)[C@H](CN)CO. The molecule has 0 aliphatic rings. The summed E-state index contributed by atoms with van der Waals surface area (Å²) in [7, 11) is 0. The first-order chi connectivity index (χ1) is 4.26. The normalized spacial score (nSPS) is 17.3. The first kappa shape index (κ1) is 8.92. The zero-order valence-corrected chi connectivity index (χ0v) is 6.30. The summed E-state index contributed by atoms with van der Waals surface area (Å²) in [6, 6.07) is 0. The minimum absolute atomic E-state index is 0.228. The number of nitrogens with two attached hydrogens (primary N) is 1. The Morgan fingerprint density at radius 2 is 2.11 bits per heavy atom. The van der Waals surface area contributed by atoms with E-state index in [1.54, 1.807) is 0 Å². The highest BCUT2D eigenvalue weighted by Crippen LogP contribution is 2.12. The van der Waals surface area contributed by atoms with E-state index in [1.807, 2.05) is 0 Å². The minimum atomic E-state index is 0.228. The van der Waals surface area contributed by atoms with Crippen molar-refractivity contribution in [1.29, 1.82) is 0 Å². The summed E-state index contributed by atoms with van der Waals surface area (Å²) in [4.78, 5) is 0. The van der Waals surface area contributed by atoms with Gasteiger partial charge in [0.2, 0.25) is 0 Å². The van der Waals surface area contributed by atoms with Crippen LogP contribution in [0.3, 0.4) is 0 Å². The van der Waals surface area contributed by atoms with Crippen LogP contribution in [-0.4, -0.2) is 18.3 Å². The lowest BCUT2D eigenvalue weighted by Gasteiger charge is -2.17. The molecular formula is C7H17NO. The second-order valence-electron chi connectivity index (χ2n) is 2.56. The number of aliphatic hydroxyl groups excluding tert-OH is 1. The van der Waals surface area contributed by atoms with Crippen molar-refractivity contribution < 1.29 is 5.11 Å². The second kappa shape index (κ2) is 4.77. The lowest BCUT2D eigenvalue weighted by molar-refractivity contribution is 0.185. The van der Waals surface area contributed by atoms with Gasteiger partial charge in [-0.05, 0) is 18.4 Å². The molecule has 0 spiro atoms. The maximum atomic E-state index is 8.75. The molecule has 0 aliphatic carbocycles. The van der Waals surface area contributed by atoms with Gasteiger partial charge in [0.15, 0.2) is 0 Å². The molecule has 0 aliphatic heterocycles. The van der Waals surface area contributed by atoms with Crippen LogP contribution in [0.15, 0.2) is 0 Å². The average molecular weight is 131 g/mol. The summed E-state index contributed by atoms with van der Waals surface area (Å²) in [6.45, 7) is 5.06. The van der Waals surface area contributed by atoms with Crippen molar-refractivity contribution in [3.63, 3.8) is 0 Å². The Bertz CT molecular complexity index is 61.9. The maximum absolute atomic E-state index is 8.75. The van der Waals surface area contributed by atoms with E-state index in [0.717, 1.165) is 6.42 Å². The largest absolute Gasteiger partial charge is 0.396 e. The topological polar surface area (TPSA) is 46.2 Å². The Balaban J connectivity index is 3.50. The molecule has 0 rings (SSSR count). The first-order valence-electron chi connectivity index (χ1n) is 3.57. The summed E-state index contributed by atoms with van der Waals surface area (Å²) in [6.07, 6.45) is 1.10. The Hall–Kier alpha value is -0.0800. The van der Waals surface area contributed by atoms with Gasteiger partial charge in [0, 0.05) is 6.61 Å². The highest BCUT2D eigenvalue weighted by molar-refractivity contribution is 4.63. The lowest BCUT2D eigenvalue weighted by Crippen LogP contribution is -2.24. The van der Waals surface area contributed by atoms with Crippen LogP contribution in [0.4, 0.5) is 0 Å². The predicted molar refractivity (Wildman–Crippen MR) is 39.1 cm³/mol. The Kier molecular flexibility index (Phi) is 4.72. The van der Waals surface area contributed by atoms with Crippen molar-refractivity contribution in [2.45, 2.75) is 20.3 Å². The van der Waals surface area contributed by atoms with Gasteiger partial charge >= 0.3 is 0 Å². The molecule has 0 aromatic carbocycles. The molecule has 56 valence electrons. The number of hydrogen-bond donors (Lipinski definition) is 2. The summed E-state index contributed by atoms with van der Waals surface area (Å²) in [5.74, 6) is 0.856. The van der Waals surface area contributed by atoms with Crippen molar-refractivity contribution in [2.75, 3.05) is 13.2 Å². The molecule has 2 heteroatoms. The Labute approximate surface area is 57.1 Å². The smallest absolute Gasteiger partial charge is 0.0473 e. The van der Waals surface area contributed by atoms with Gasteiger partial charge in [-0.25, -0.2) is 0 Å². The fourth-order valence-electron chi connectivity index (χ4n) is 0.820. The van der Waals surface area contributed by atoms with Crippen LogP contribution in [0.1, 0.15) is 20.3 Å². The van der Waals surface area contributed by atoms with Gasteiger partial charge in [-0.2, -0.15) is 0 Å². The van der Waals surface area contributed by atoms with Crippen molar-refractivity contribution in [2.24, 2.45) is 17.6 Å². The molecule has 0 amide bonds. The van der Waals surface area contributed by atoms with Crippen LogP contribution >= 0.6 is 0 Å². The van der Waals surface area contributed by atoms with E-state index in [1.165, 1.54) is 0 Å². The quantitative estimate of drug-likeness (QED) is 0.587. The molecule has 9 heavy (non-hydrogen) atoms. The monoisotopic (exact) mass is 131 g/mol. The molecule has 0 bridgehead atoms. The van der Waals surface area contributed by atoms with Crippen molar-refractivity contribution in [3.05, 3.63) is 0 Å². The van der Waals surface area contributed by atoms with Crippen LogP contribution in [0.25, 0.3) is 0 Å². The number of rotatable bonds is 4. The van der Waals surface area contributed by atoms with Gasteiger partial charge in [-0.1, -0.05) is 20.3 Å². The van der Waals surface area contributed by atoms with Crippen LogP contribution in [0.5, 0.6) is 0 Å². The van der Waals surface area contributed by atoms with Crippen molar-refractivity contribution in [3.8, 4) is 0 Å². The number of hydrogen-bond acceptors (Lipinski definition) is 2. The van der Waals surface area contributed by atoms with Crippen LogP contribution in [0.2, 0.25) is 0 Å². The van der Waals surface area contributed by atoms with E-state index in [4.69, 9.17) is 10.8 Å². The fourth-order valence-corrected chi connectivity index (χ4v) is 0.820. The molecule has 3 N–H and O–H groups in total. The zero-order chi connectivity index (χ0) is 7.28. The fraction of sp³-hybridized carbons (Fsp3) is 1.00. The van der Waals surface area contributed by atoms with Gasteiger partial charge in [0.05, 0.1) is 0 Å². The van der Waals surface area contributed by atoms with Gasteiger partial charge in [0.25, 0.3) is 0 Å². The van der Waals surface area contributed by atoms with E-state index in [-0.39, 0.29) is 6.61 Å². The molecule has 0 fully saturated rings. The van der Waals surface area contributed by atoms with E-state index >= 15 is 0 Å². The van der Waals surface area contributed by atoms with Crippen LogP contribution in [-0.2, 0) is 0 Å². The third-order valence-electron chi connectivity index (χ3n) is 1.99. The molecular weight excluding hydrogens is 114 g/mol. The minimum Gasteiger partial charge on any atom is -0.396 e.